The molecule has 3 nitrogen and oxygen atoms in total. The van der Waals surface area contributed by atoms with Crippen molar-refractivity contribution in [3.8, 4) is 0 Å². The van der Waals surface area contributed by atoms with E-state index in [0.29, 0.717) is 29.3 Å². The number of hydrogen-bond acceptors (Lipinski definition) is 3. The van der Waals surface area contributed by atoms with Crippen LogP contribution >= 0.6 is 0 Å². The Kier molecular flexibility index (Phi) is 3.23. The maximum atomic E-state index is 13.2. The van der Waals surface area contributed by atoms with E-state index in [1.54, 1.807) is 24.3 Å². The van der Waals surface area contributed by atoms with Crippen molar-refractivity contribution in [2.24, 2.45) is 0 Å². The maximum absolute atomic E-state index is 13.2. The van der Waals surface area contributed by atoms with E-state index >= 15 is 0 Å². The molecule has 0 unspecified atom stereocenters. The van der Waals surface area contributed by atoms with Gasteiger partial charge in [0.05, 0.1) is 16.4 Å². The lowest BCUT2D eigenvalue weighted by Gasteiger charge is -2.12. The third-order valence-electron chi connectivity index (χ3n) is 3.23. The lowest BCUT2D eigenvalue weighted by molar-refractivity contribution is -0.140. The molecule has 0 aliphatic heterocycles. The van der Waals surface area contributed by atoms with Crippen molar-refractivity contribution in [2.75, 3.05) is 0 Å². The van der Waals surface area contributed by atoms with Crippen molar-refractivity contribution in [2.45, 2.75) is 25.9 Å². The highest BCUT2D eigenvalue weighted by Gasteiger charge is 2.35. The number of halogens is 3. The summed E-state index contributed by atoms with van der Waals surface area (Å²) in [7, 11) is 0. The molecule has 6 heteroatoms. The summed E-state index contributed by atoms with van der Waals surface area (Å²) in [4.78, 5) is 12.1. The van der Waals surface area contributed by atoms with E-state index in [2.05, 4.69) is 15.0 Å². The van der Waals surface area contributed by atoms with Gasteiger partial charge in [-0.25, -0.2) is 9.97 Å². The molecule has 21 heavy (non-hydrogen) atoms. The Balaban J connectivity index is 2.43. The first-order valence-electron chi connectivity index (χ1n) is 6.62. The van der Waals surface area contributed by atoms with Crippen LogP contribution in [0.4, 0.5) is 13.2 Å². The van der Waals surface area contributed by atoms with E-state index in [9.17, 15) is 13.2 Å². The summed E-state index contributed by atoms with van der Waals surface area (Å²) in [6.07, 6.45) is -2.22. The Bertz CT molecular complexity index is 812. The van der Waals surface area contributed by atoms with E-state index in [4.69, 9.17) is 0 Å². The van der Waals surface area contributed by atoms with Gasteiger partial charge in [-0.2, -0.15) is 13.2 Å². The molecule has 0 radical (unpaired) electrons. The first-order chi connectivity index (χ1) is 10.0. The second kappa shape index (κ2) is 4.95. The molecule has 3 rings (SSSR count). The number of para-hydroxylation sites is 1. The summed E-state index contributed by atoms with van der Waals surface area (Å²) in [5, 5.41) is 0.557. The van der Waals surface area contributed by atoms with Gasteiger partial charge in [-0.3, -0.25) is 4.98 Å². The fourth-order valence-electron chi connectivity index (χ4n) is 2.32. The minimum absolute atomic E-state index is 0.0546. The first kappa shape index (κ1) is 13.7. The molecule has 1 aromatic carbocycles. The molecule has 0 N–H and O–H groups in total. The van der Waals surface area contributed by atoms with Crippen molar-refractivity contribution in [3.63, 3.8) is 0 Å². The van der Waals surface area contributed by atoms with Crippen molar-refractivity contribution >= 4 is 21.8 Å². The molecule has 0 aliphatic carbocycles. The van der Waals surface area contributed by atoms with Crippen molar-refractivity contribution in [1.82, 2.24) is 15.0 Å². The lowest BCUT2D eigenvalue weighted by atomic mass is 10.1. The van der Waals surface area contributed by atoms with Crippen LogP contribution in [0.15, 0.2) is 30.5 Å². The average molecular weight is 291 g/mol. The standard InChI is InChI=1S/C15H12F3N3/c1-2-5-12-20-13-9-6-3-4-7-11(9)19-8-10(13)14(21-12)15(16,17)18/h3-4,6-8H,2,5H2,1H3. The van der Waals surface area contributed by atoms with Crippen LogP contribution < -0.4 is 0 Å². The highest BCUT2D eigenvalue weighted by molar-refractivity contribution is 6.03. The van der Waals surface area contributed by atoms with Gasteiger partial charge in [0.2, 0.25) is 0 Å². The van der Waals surface area contributed by atoms with Gasteiger partial charge in [0.15, 0.2) is 5.69 Å². The third kappa shape index (κ3) is 2.41. The number of hydrogen-bond donors (Lipinski definition) is 0. The Morgan fingerprint density at radius 1 is 1.05 bits per heavy atom. The largest absolute Gasteiger partial charge is 0.434 e. The van der Waals surface area contributed by atoms with Crippen LogP contribution in [-0.2, 0) is 12.6 Å². The number of alkyl halides is 3. The van der Waals surface area contributed by atoms with Crippen molar-refractivity contribution in [1.29, 1.82) is 0 Å². The van der Waals surface area contributed by atoms with Crippen LogP contribution in [0.25, 0.3) is 21.8 Å². The van der Waals surface area contributed by atoms with E-state index in [-0.39, 0.29) is 11.2 Å². The summed E-state index contributed by atoms with van der Waals surface area (Å²) in [5.74, 6) is 0.216. The topological polar surface area (TPSA) is 38.7 Å². The number of fused-ring (bicyclic) bond motifs is 3. The first-order valence-corrected chi connectivity index (χ1v) is 6.62. The Morgan fingerprint density at radius 2 is 1.81 bits per heavy atom. The van der Waals surface area contributed by atoms with Gasteiger partial charge in [-0.1, -0.05) is 25.1 Å². The molecular weight excluding hydrogens is 279 g/mol. The quantitative estimate of drug-likeness (QED) is 0.666. The zero-order valence-corrected chi connectivity index (χ0v) is 11.3. The molecule has 0 saturated carbocycles. The van der Waals surface area contributed by atoms with Crippen molar-refractivity contribution < 1.29 is 13.2 Å². The number of rotatable bonds is 2. The molecule has 0 spiro atoms. The third-order valence-corrected chi connectivity index (χ3v) is 3.23. The van der Waals surface area contributed by atoms with E-state index in [1.165, 1.54) is 6.20 Å². The summed E-state index contributed by atoms with van der Waals surface area (Å²) in [5.41, 5.74) is 0.0276. The lowest BCUT2D eigenvalue weighted by Crippen LogP contribution is -2.12. The number of nitrogens with zero attached hydrogens (tertiary/aromatic N) is 3. The second-order valence-corrected chi connectivity index (χ2v) is 4.77. The molecule has 3 aromatic rings. The molecule has 2 heterocycles. The molecule has 108 valence electrons. The summed E-state index contributed by atoms with van der Waals surface area (Å²) < 4.78 is 39.7. The van der Waals surface area contributed by atoms with Crippen LogP contribution in [0.3, 0.4) is 0 Å². The van der Waals surface area contributed by atoms with Crippen LogP contribution in [0.5, 0.6) is 0 Å². The van der Waals surface area contributed by atoms with E-state index < -0.39 is 11.9 Å². The van der Waals surface area contributed by atoms with E-state index in [1.807, 2.05) is 6.92 Å². The van der Waals surface area contributed by atoms with Gasteiger partial charge in [-0.15, -0.1) is 0 Å². The smallest absolute Gasteiger partial charge is 0.255 e. The Labute approximate surface area is 118 Å². The Morgan fingerprint density at radius 3 is 2.52 bits per heavy atom. The SMILES string of the molecule is CCCc1nc(C(F)(F)F)c2cnc3ccccc3c2n1. The van der Waals surface area contributed by atoms with Gasteiger partial charge < -0.3 is 0 Å². The molecule has 0 bridgehead atoms. The van der Waals surface area contributed by atoms with Crippen LogP contribution in [-0.4, -0.2) is 15.0 Å². The highest BCUT2D eigenvalue weighted by atomic mass is 19.4. The highest BCUT2D eigenvalue weighted by Crippen LogP contribution is 2.34. The zero-order chi connectivity index (χ0) is 15.0. The molecule has 0 amide bonds. The van der Waals surface area contributed by atoms with Crippen LogP contribution in [0, 0.1) is 0 Å². The van der Waals surface area contributed by atoms with Gasteiger partial charge in [0, 0.05) is 18.0 Å². The Hall–Kier alpha value is -2.24. The van der Waals surface area contributed by atoms with Gasteiger partial charge in [0.25, 0.3) is 0 Å². The molecular formula is C15H12F3N3. The number of pyridine rings is 1. The predicted molar refractivity (Wildman–Crippen MR) is 73.8 cm³/mol. The minimum Gasteiger partial charge on any atom is -0.255 e. The zero-order valence-electron chi connectivity index (χ0n) is 11.3. The summed E-state index contributed by atoms with van der Waals surface area (Å²) in [6, 6.07) is 7.04. The summed E-state index contributed by atoms with van der Waals surface area (Å²) >= 11 is 0. The molecule has 0 saturated heterocycles. The minimum atomic E-state index is -4.52. The van der Waals surface area contributed by atoms with Crippen molar-refractivity contribution in [3.05, 3.63) is 42.0 Å². The molecule has 0 atom stereocenters. The monoisotopic (exact) mass is 291 g/mol. The van der Waals surface area contributed by atoms with Crippen LogP contribution in [0.1, 0.15) is 24.9 Å². The number of benzene rings is 1. The molecule has 2 aromatic heterocycles. The normalized spacial score (nSPS) is 12.2. The predicted octanol–water partition coefficient (Wildman–Crippen LogP) is 4.15. The number of aryl methyl sites for hydroxylation is 1. The fourth-order valence-corrected chi connectivity index (χ4v) is 2.32. The molecule has 0 fully saturated rings. The fraction of sp³-hybridized carbons (Fsp3) is 0.267. The van der Waals surface area contributed by atoms with Gasteiger partial charge in [0.1, 0.15) is 5.82 Å². The second-order valence-electron chi connectivity index (χ2n) is 4.77. The number of aromatic nitrogens is 3. The molecule has 0 aliphatic rings. The van der Waals surface area contributed by atoms with E-state index in [0.717, 1.165) is 0 Å². The summed E-state index contributed by atoms with van der Waals surface area (Å²) in [6.45, 7) is 1.88. The van der Waals surface area contributed by atoms with Crippen LogP contribution in [0.2, 0.25) is 0 Å². The van der Waals surface area contributed by atoms with Gasteiger partial charge >= 0.3 is 6.18 Å². The average Bonchev–Trinajstić information content (AvgIpc) is 2.46. The van der Waals surface area contributed by atoms with Gasteiger partial charge in [-0.05, 0) is 12.5 Å². The maximum Gasteiger partial charge on any atom is 0.434 e.